The number of thiazole rings is 1. The maximum absolute atomic E-state index is 13.8. The molecule has 0 aromatic carbocycles. The van der Waals surface area contributed by atoms with Crippen LogP contribution in [0, 0.1) is 0 Å². The Morgan fingerprint density at radius 2 is 1.89 bits per heavy atom. The lowest BCUT2D eigenvalue weighted by atomic mass is 10.2. The Morgan fingerprint density at radius 1 is 1.16 bits per heavy atom. The normalized spacial score (nSPS) is 17.9. The van der Waals surface area contributed by atoms with Crippen LogP contribution in [0.4, 0.5) is 10.9 Å². The number of hydrogen-bond donors (Lipinski definition) is 1. The third-order valence-electron chi connectivity index (χ3n) is 7.59. The van der Waals surface area contributed by atoms with E-state index in [4.69, 9.17) is 9.72 Å². The first-order chi connectivity index (χ1) is 18.5. The topological polar surface area (TPSA) is 110 Å². The summed E-state index contributed by atoms with van der Waals surface area (Å²) in [6.07, 6.45) is 7.74. The molecule has 3 fully saturated rings. The van der Waals surface area contributed by atoms with Gasteiger partial charge in [0.25, 0.3) is 11.8 Å². The van der Waals surface area contributed by atoms with Crippen molar-refractivity contribution in [2.45, 2.75) is 51.2 Å². The molecule has 38 heavy (non-hydrogen) atoms. The summed E-state index contributed by atoms with van der Waals surface area (Å²) in [5.74, 6) is 0.621. The number of carbonyl (C=O) groups excluding carboxylic acids is 2. The minimum absolute atomic E-state index is 0.0378. The first-order valence-electron chi connectivity index (χ1n) is 13.3. The molecular weight excluding hydrogens is 504 g/mol. The van der Waals surface area contributed by atoms with Gasteiger partial charge in [-0.2, -0.15) is 0 Å². The van der Waals surface area contributed by atoms with Gasteiger partial charge in [0.15, 0.2) is 10.9 Å². The van der Waals surface area contributed by atoms with Gasteiger partial charge in [-0.3, -0.25) is 9.59 Å². The van der Waals surface area contributed by atoms with Crippen LogP contribution >= 0.6 is 11.3 Å². The molecule has 3 aliphatic rings. The zero-order valence-electron chi connectivity index (χ0n) is 21.5. The van der Waals surface area contributed by atoms with Crippen LogP contribution in [-0.2, 0) is 18.3 Å². The summed E-state index contributed by atoms with van der Waals surface area (Å²) >= 11 is 1.30. The second kappa shape index (κ2) is 9.05. The maximum atomic E-state index is 13.8. The van der Waals surface area contributed by atoms with Gasteiger partial charge in [0.1, 0.15) is 21.7 Å². The number of amides is 2. The second-order valence-corrected chi connectivity index (χ2v) is 11.3. The molecule has 4 aromatic rings. The summed E-state index contributed by atoms with van der Waals surface area (Å²) in [4.78, 5) is 45.2. The number of ether oxygens (including phenoxy) is 1. The molecule has 2 saturated carbocycles. The first kappa shape index (κ1) is 23.6. The minimum Gasteiger partial charge on any atom is -0.378 e. The van der Waals surface area contributed by atoms with Crippen molar-refractivity contribution in [3.63, 3.8) is 0 Å². The predicted octanol–water partition coefficient (Wildman–Crippen LogP) is 3.38. The number of carbonyl (C=O) groups is 2. The van der Waals surface area contributed by atoms with Gasteiger partial charge in [-0.15, -0.1) is 0 Å². The summed E-state index contributed by atoms with van der Waals surface area (Å²) in [5, 5.41) is 4.79. The summed E-state index contributed by atoms with van der Waals surface area (Å²) in [6, 6.07) is 2.74. The summed E-state index contributed by atoms with van der Waals surface area (Å²) in [7, 11) is 1.95. The van der Waals surface area contributed by atoms with E-state index in [2.05, 4.69) is 20.2 Å². The molecule has 2 aliphatic carbocycles. The molecule has 2 amide bonds. The number of morpholine rings is 1. The lowest BCUT2D eigenvalue weighted by molar-refractivity contribution is 0.0306. The molecule has 11 nitrogen and oxygen atoms in total. The molecular formula is C26H30N8O3S. The van der Waals surface area contributed by atoms with Gasteiger partial charge in [0.2, 0.25) is 0 Å². The van der Waals surface area contributed by atoms with E-state index < -0.39 is 0 Å². The van der Waals surface area contributed by atoms with Gasteiger partial charge in [0, 0.05) is 44.2 Å². The van der Waals surface area contributed by atoms with Gasteiger partial charge in [-0.1, -0.05) is 11.3 Å². The summed E-state index contributed by atoms with van der Waals surface area (Å²) < 4.78 is 9.35. The number of anilines is 2. The molecule has 1 saturated heterocycles. The Bertz CT molecular complexity index is 1550. The summed E-state index contributed by atoms with van der Waals surface area (Å²) in [6.45, 7) is 4.94. The number of pyridine rings is 1. The molecule has 198 valence electrons. The molecule has 5 heterocycles. The van der Waals surface area contributed by atoms with Crippen molar-refractivity contribution < 1.29 is 14.3 Å². The van der Waals surface area contributed by atoms with Gasteiger partial charge in [-0.05, 0) is 38.7 Å². The van der Waals surface area contributed by atoms with E-state index in [9.17, 15) is 9.59 Å². The molecule has 0 atom stereocenters. The first-order valence-corrected chi connectivity index (χ1v) is 14.1. The van der Waals surface area contributed by atoms with E-state index in [0.29, 0.717) is 72.0 Å². The lowest BCUT2D eigenvalue weighted by Crippen LogP contribution is -2.40. The molecule has 0 radical (unpaired) electrons. The highest BCUT2D eigenvalue weighted by molar-refractivity contribution is 7.17. The Hall–Kier alpha value is -3.51. The van der Waals surface area contributed by atoms with Gasteiger partial charge in [0.05, 0.1) is 31.3 Å². The number of hydrogen-bond acceptors (Lipinski definition) is 8. The van der Waals surface area contributed by atoms with Crippen molar-refractivity contribution in [2.24, 2.45) is 7.05 Å². The second-order valence-electron chi connectivity index (χ2n) is 10.3. The number of fused-ring (bicyclic) bond motifs is 3. The Balaban J connectivity index is 1.26. The minimum atomic E-state index is -0.0378. The third kappa shape index (κ3) is 3.93. The Labute approximate surface area is 223 Å². The smallest absolute Gasteiger partial charge is 0.271 e. The van der Waals surface area contributed by atoms with Crippen LogP contribution in [0.15, 0.2) is 18.6 Å². The zero-order valence-corrected chi connectivity index (χ0v) is 22.3. The fourth-order valence-electron chi connectivity index (χ4n) is 5.42. The van der Waals surface area contributed by atoms with Crippen LogP contribution in [0.25, 0.3) is 22.1 Å². The van der Waals surface area contributed by atoms with Crippen LogP contribution < -0.4 is 5.32 Å². The van der Waals surface area contributed by atoms with Crippen LogP contribution in [0.5, 0.6) is 0 Å². The Kier molecular flexibility index (Phi) is 5.62. The van der Waals surface area contributed by atoms with E-state index in [1.165, 1.54) is 11.3 Å². The molecule has 0 unspecified atom stereocenters. The quantitative estimate of drug-likeness (QED) is 0.387. The highest BCUT2D eigenvalue weighted by Gasteiger charge is 2.43. The van der Waals surface area contributed by atoms with Crippen LogP contribution in [-0.4, -0.2) is 84.1 Å². The molecule has 0 bridgehead atoms. The van der Waals surface area contributed by atoms with Gasteiger partial charge >= 0.3 is 0 Å². The fourth-order valence-corrected chi connectivity index (χ4v) is 6.20. The fraction of sp³-hybridized carbons (Fsp3) is 0.500. The number of rotatable bonds is 7. The SMILES string of the molecule is CCn1c(C(=O)N(C2CC2)C2CC2)cc2c3c(ncn3C)c(Nc3ncc(C(=O)N4CCOCC4)s3)nc21. The number of nitrogens with one attached hydrogen (secondary N) is 1. The lowest BCUT2D eigenvalue weighted by Gasteiger charge is -2.26. The number of aryl methyl sites for hydroxylation is 2. The van der Waals surface area contributed by atoms with Crippen molar-refractivity contribution in [1.82, 2.24) is 33.9 Å². The van der Waals surface area contributed by atoms with Crippen LogP contribution in [0.2, 0.25) is 0 Å². The monoisotopic (exact) mass is 534 g/mol. The average Bonchev–Trinajstić information content (AvgIpc) is 3.83. The molecule has 12 heteroatoms. The molecule has 7 rings (SSSR count). The van der Waals surface area contributed by atoms with Crippen molar-refractivity contribution in [1.29, 1.82) is 0 Å². The van der Waals surface area contributed by atoms with Crippen molar-refractivity contribution in [2.75, 3.05) is 31.6 Å². The number of aromatic nitrogens is 5. The highest BCUT2D eigenvalue weighted by Crippen LogP contribution is 2.40. The van der Waals surface area contributed by atoms with Gasteiger partial charge in [-0.25, -0.2) is 15.0 Å². The van der Waals surface area contributed by atoms with E-state index in [1.807, 2.05) is 29.2 Å². The number of imidazole rings is 1. The van der Waals surface area contributed by atoms with Crippen LogP contribution in [0.1, 0.15) is 52.8 Å². The van der Waals surface area contributed by atoms with E-state index in [0.717, 1.165) is 42.2 Å². The van der Waals surface area contributed by atoms with Crippen molar-refractivity contribution in [3.8, 4) is 0 Å². The zero-order chi connectivity index (χ0) is 26.0. The molecule has 4 aromatic heterocycles. The predicted molar refractivity (Wildman–Crippen MR) is 144 cm³/mol. The van der Waals surface area contributed by atoms with E-state index in [1.54, 1.807) is 17.4 Å². The average molecular weight is 535 g/mol. The number of nitrogens with zero attached hydrogens (tertiary/aromatic N) is 7. The molecule has 1 aliphatic heterocycles. The maximum Gasteiger partial charge on any atom is 0.271 e. The molecule has 1 N–H and O–H groups in total. The van der Waals surface area contributed by atoms with Crippen LogP contribution in [0.3, 0.4) is 0 Å². The van der Waals surface area contributed by atoms with Crippen molar-refractivity contribution >= 4 is 56.2 Å². The summed E-state index contributed by atoms with van der Waals surface area (Å²) in [5.41, 5.74) is 3.03. The van der Waals surface area contributed by atoms with E-state index >= 15 is 0 Å². The largest absolute Gasteiger partial charge is 0.378 e. The standard InChI is InChI=1S/C26H30N8O3S/c1-3-33-18(24(35)34(15-4-5-15)16-6-7-16)12-17-21-20(28-14-31(21)2)22(29-23(17)33)30-26-27-13-19(38-26)25(36)32-8-10-37-11-9-32/h12-16H,3-11H2,1-2H3,(H,27,29,30). The van der Waals surface area contributed by atoms with E-state index in [-0.39, 0.29) is 11.8 Å². The third-order valence-corrected chi connectivity index (χ3v) is 8.49. The molecule has 0 spiro atoms. The Morgan fingerprint density at radius 3 is 2.58 bits per heavy atom. The van der Waals surface area contributed by atoms with Gasteiger partial charge < -0.3 is 29.0 Å². The van der Waals surface area contributed by atoms with Crippen molar-refractivity contribution in [3.05, 3.63) is 29.2 Å². The highest BCUT2D eigenvalue weighted by atomic mass is 32.1.